The molecule has 0 aliphatic carbocycles. The number of hydrogen-bond donors (Lipinski definition) is 3. The number of phenolic OH excluding ortho intramolecular Hbond substituents is 1. The van der Waals surface area contributed by atoms with Crippen molar-refractivity contribution in [3.63, 3.8) is 0 Å². The summed E-state index contributed by atoms with van der Waals surface area (Å²) in [4.78, 5) is 0. The van der Waals surface area contributed by atoms with Crippen LogP contribution in [-0.2, 0) is 0 Å². The zero-order valence-corrected chi connectivity index (χ0v) is 7.83. The highest BCUT2D eigenvalue weighted by molar-refractivity contribution is 6.31. The van der Waals surface area contributed by atoms with Gasteiger partial charge in [0, 0.05) is 5.56 Å². The summed E-state index contributed by atoms with van der Waals surface area (Å²) in [7, 11) is 0. The summed E-state index contributed by atoms with van der Waals surface area (Å²) >= 11 is 5.80. The summed E-state index contributed by atoms with van der Waals surface area (Å²) < 4.78 is 0. The molecule has 72 valence electrons. The molecule has 0 saturated carbocycles. The van der Waals surface area contributed by atoms with Gasteiger partial charge in [-0.25, -0.2) is 0 Å². The number of aromatic hydroxyl groups is 1. The second-order valence-electron chi connectivity index (χ2n) is 2.77. The predicted octanol–water partition coefficient (Wildman–Crippen LogP) is 1.43. The summed E-state index contributed by atoms with van der Waals surface area (Å²) in [6.07, 6.45) is -0.407. The molecular weight excluding hydrogens is 190 g/mol. The highest BCUT2D eigenvalue weighted by Gasteiger charge is 2.14. The summed E-state index contributed by atoms with van der Waals surface area (Å²) in [6, 6.07) is 4.73. The van der Waals surface area contributed by atoms with Gasteiger partial charge in [-0.3, -0.25) is 0 Å². The fraction of sp³-hybridized carbons (Fsp3) is 0.333. The Hall–Kier alpha value is -0.770. The van der Waals surface area contributed by atoms with Crippen LogP contribution < -0.4 is 5.73 Å². The molecule has 1 rings (SSSR count). The molecule has 0 bridgehead atoms. The van der Waals surface area contributed by atoms with Crippen LogP contribution in [-0.4, -0.2) is 16.8 Å². The van der Waals surface area contributed by atoms with Gasteiger partial charge >= 0.3 is 0 Å². The molecule has 0 aliphatic heterocycles. The normalized spacial score (nSPS) is 12.8. The Morgan fingerprint density at radius 2 is 2.15 bits per heavy atom. The van der Waals surface area contributed by atoms with E-state index in [9.17, 15) is 10.2 Å². The zero-order valence-electron chi connectivity index (χ0n) is 7.07. The first-order valence-electron chi connectivity index (χ1n) is 4.02. The van der Waals surface area contributed by atoms with Gasteiger partial charge in [-0.2, -0.15) is 0 Å². The van der Waals surface area contributed by atoms with Crippen molar-refractivity contribution in [3.05, 3.63) is 28.8 Å². The zero-order chi connectivity index (χ0) is 9.84. The summed E-state index contributed by atoms with van der Waals surface area (Å²) in [5.74, 6) is 0.00782. The summed E-state index contributed by atoms with van der Waals surface area (Å²) in [5, 5.41) is 19.3. The van der Waals surface area contributed by atoms with Gasteiger partial charge in [-0.15, -0.1) is 0 Å². The Kier molecular flexibility index (Phi) is 3.54. The van der Waals surface area contributed by atoms with Crippen molar-refractivity contribution in [2.75, 3.05) is 6.54 Å². The smallest absolute Gasteiger partial charge is 0.122 e. The van der Waals surface area contributed by atoms with Crippen LogP contribution >= 0.6 is 11.6 Å². The number of aliphatic hydroxyl groups excluding tert-OH is 1. The van der Waals surface area contributed by atoms with Gasteiger partial charge in [-0.1, -0.05) is 17.7 Å². The van der Waals surface area contributed by atoms with E-state index in [2.05, 4.69) is 0 Å². The highest BCUT2D eigenvalue weighted by Crippen LogP contribution is 2.32. The van der Waals surface area contributed by atoms with Gasteiger partial charge in [0.25, 0.3) is 0 Å². The van der Waals surface area contributed by atoms with Gasteiger partial charge in [0.1, 0.15) is 5.75 Å². The maximum absolute atomic E-state index is 9.56. The van der Waals surface area contributed by atoms with E-state index in [1.165, 1.54) is 6.07 Å². The summed E-state index contributed by atoms with van der Waals surface area (Å²) in [6.45, 7) is 0.353. The number of nitrogens with two attached hydrogens (primary N) is 1. The first kappa shape index (κ1) is 10.3. The molecule has 3 nitrogen and oxygen atoms in total. The molecule has 0 aliphatic rings. The quantitative estimate of drug-likeness (QED) is 0.693. The van der Waals surface area contributed by atoms with E-state index < -0.39 is 6.10 Å². The van der Waals surface area contributed by atoms with E-state index in [-0.39, 0.29) is 5.75 Å². The van der Waals surface area contributed by atoms with Crippen LogP contribution in [0, 0.1) is 0 Å². The van der Waals surface area contributed by atoms with Crippen LogP contribution in [0.3, 0.4) is 0 Å². The molecule has 0 spiro atoms. The predicted molar refractivity (Wildman–Crippen MR) is 51.7 cm³/mol. The van der Waals surface area contributed by atoms with Crippen molar-refractivity contribution >= 4 is 11.6 Å². The van der Waals surface area contributed by atoms with E-state index >= 15 is 0 Å². The second-order valence-corrected chi connectivity index (χ2v) is 3.17. The molecule has 1 atom stereocenters. The van der Waals surface area contributed by atoms with Crippen molar-refractivity contribution in [2.24, 2.45) is 5.73 Å². The molecule has 0 fully saturated rings. The molecule has 13 heavy (non-hydrogen) atoms. The second kappa shape index (κ2) is 4.46. The Morgan fingerprint density at radius 3 is 2.69 bits per heavy atom. The van der Waals surface area contributed by atoms with Crippen LogP contribution in [0.2, 0.25) is 5.02 Å². The van der Waals surface area contributed by atoms with Crippen molar-refractivity contribution in [1.29, 1.82) is 0 Å². The van der Waals surface area contributed by atoms with Gasteiger partial charge in [0.15, 0.2) is 0 Å². The van der Waals surface area contributed by atoms with Crippen molar-refractivity contribution in [3.8, 4) is 5.75 Å². The molecule has 1 aromatic carbocycles. The monoisotopic (exact) mass is 201 g/mol. The van der Waals surface area contributed by atoms with E-state index in [1.54, 1.807) is 12.1 Å². The number of halogens is 1. The lowest BCUT2D eigenvalue weighted by molar-refractivity contribution is 0.166. The molecule has 4 N–H and O–H groups in total. The van der Waals surface area contributed by atoms with Crippen LogP contribution in [0.25, 0.3) is 0 Å². The molecule has 1 unspecified atom stereocenters. The van der Waals surface area contributed by atoms with E-state index in [1.807, 2.05) is 0 Å². The Labute approximate surface area is 81.8 Å². The third kappa shape index (κ3) is 2.34. The number of rotatable bonds is 3. The van der Waals surface area contributed by atoms with Crippen LogP contribution in [0.4, 0.5) is 0 Å². The minimum Gasteiger partial charge on any atom is -0.508 e. The Morgan fingerprint density at radius 1 is 1.46 bits per heavy atom. The third-order valence-electron chi connectivity index (χ3n) is 1.80. The van der Waals surface area contributed by atoms with E-state index in [0.717, 1.165) is 0 Å². The van der Waals surface area contributed by atoms with Crippen molar-refractivity contribution in [1.82, 2.24) is 0 Å². The topological polar surface area (TPSA) is 66.5 Å². The third-order valence-corrected chi connectivity index (χ3v) is 2.13. The van der Waals surface area contributed by atoms with Crippen LogP contribution in [0.5, 0.6) is 5.75 Å². The highest BCUT2D eigenvalue weighted by atomic mass is 35.5. The van der Waals surface area contributed by atoms with Gasteiger partial charge in [-0.05, 0) is 25.1 Å². The minimum absolute atomic E-state index is 0.00782. The lowest BCUT2D eigenvalue weighted by atomic mass is 10.1. The average Bonchev–Trinajstić information content (AvgIpc) is 2.04. The first-order chi connectivity index (χ1) is 6.16. The molecule has 4 heteroatoms. The molecule has 0 heterocycles. The largest absolute Gasteiger partial charge is 0.508 e. The number of aliphatic hydroxyl groups is 1. The van der Waals surface area contributed by atoms with Gasteiger partial charge in [0.05, 0.1) is 11.1 Å². The molecular formula is C9H12ClNO2. The van der Waals surface area contributed by atoms with Gasteiger partial charge in [0.2, 0.25) is 0 Å². The fourth-order valence-corrected chi connectivity index (χ4v) is 1.45. The SMILES string of the molecule is NCCC(O)c1c(O)cccc1Cl. The maximum atomic E-state index is 9.56. The van der Waals surface area contributed by atoms with Crippen LogP contribution in [0.15, 0.2) is 18.2 Å². The molecule has 0 radical (unpaired) electrons. The standard InChI is InChI=1S/C9H12ClNO2/c10-6-2-1-3-7(12)9(6)8(13)4-5-11/h1-3,8,12-13H,4-5,11H2. The van der Waals surface area contributed by atoms with E-state index in [4.69, 9.17) is 17.3 Å². The summed E-state index contributed by atoms with van der Waals surface area (Å²) in [5.41, 5.74) is 5.64. The van der Waals surface area contributed by atoms with E-state index in [0.29, 0.717) is 23.6 Å². The molecule has 0 amide bonds. The lowest BCUT2D eigenvalue weighted by Gasteiger charge is -2.12. The number of hydrogen-bond acceptors (Lipinski definition) is 3. The first-order valence-corrected chi connectivity index (χ1v) is 4.40. The molecule has 0 saturated heterocycles. The number of benzene rings is 1. The maximum Gasteiger partial charge on any atom is 0.122 e. The number of phenols is 1. The lowest BCUT2D eigenvalue weighted by Crippen LogP contribution is -2.07. The Balaban J connectivity index is 2.98. The fourth-order valence-electron chi connectivity index (χ4n) is 1.16. The van der Waals surface area contributed by atoms with Crippen molar-refractivity contribution < 1.29 is 10.2 Å². The Bertz CT molecular complexity index is 271. The van der Waals surface area contributed by atoms with Crippen molar-refractivity contribution in [2.45, 2.75) is 12.5 Å². The van der Waals surface area contributed by atoms with Gasteiger partial charge < -0.3 is 15.9 Å². The average molecular weight is 202 g/mol. The molecule has 1 aromatic rings. The van der Waals surface area contributed by atoms with Crippen LogP contribution in [0.1, 0.15) is 18.1 Å². The minimum atomic E-state index is -0.793. The molecule has 0 aromatic heterocycles.